The van der Waals surface area contributed by atoms with Crippen LogP contribution in [0.4, 0.5) is 0 Å². The van der Waals surface area contributed by atoms with Crippen molar-refractivity contribution in [3.63, 3.8) is 0 Å². The molecule has 0 spiro atoms. The second kappa shape index (κ2) is 2.40. The summed E-state index contributed by atoms with van der Waals surface area (Å²) >= 11 is 7.70. The Morgan fingerprint density at radius 2 is 2.56 bits per heavy atom. The summed E-state index contributed by atoms with van der Waals surface area (Å²) in [6.45, 7) is 2.01. The monoisotopic (exact) mass is 161 g/mol. The highest BCUT2D eigenvalue weighted by molar-refractivity contribution is 8.00. The maximum atomic E-state index is 8.60. The van der Waals surface area contributed by atoms with E-state index >= 15 is 0 Å². The fraction of sp³-hybridized carbons (Fsp3) is 0.833. The quantitative estimate of drug-likeness (QED) is 0.508. The maximum Gasteiger partial charge on any atom is 0.143 e. The van der Waals surface area contributed by atoms with Crippen molar-refractivity contribution in [2.24, 2.45) is 0 Å². The van der Waals surface area contributed by atoms with Crippen molar-refractivity contribution >= 4 is 23.4 Å². The first-order chi connectivity index (χ1) is 4.19. The average Bonchev–Trinajstić information content (AvgIpc) is 2.15. The van der Waals surface area contributed by atoms with Gasteiger partial charge in [-0.1, -0.05) is 6.92 Å². The van der Waals surface area contributed by atoms with Gasteiger partial charge in [-0.3, -0.25) is 0 Å². The Morgan fingerprint density at radius 3 is 2.78 bits per heavy atom. The number of rotatable bonds is 0. The molecule has 0 N–H and O–H groups in total. The van der Waals surface area contributed by atoms with Crippen LogP contribution in [0.15, 0.2) is 0 Å². The summed E-state index contributed by atoms with van der Waals surface area (Å²) in [4.78, 5) is -0.565. The van der Waals surface area contributed by atoms with Gasteiger partial charge in [0.1, 0.15) is 4.87 Å². The molecule has 1 saturated heterocycles. The topological polar surface area (TPSA) is 23.8 Å². The summed E-state index contributed by atoms with van der Waals surface area (Å²) in [5, 5.41) is 8.90. The Balaban J connectivity index is 2.70. The summed E-state index contributed by atoms with van der Waals surface area (Å²) in [7, 11) is 0. The van der Waals surface area contributed by atoms with E-state index < -0.39 is 4.87 Å². The summed E-state index contributed by atoms with van der Waals surface area (Å²) in [6, 6.07) is 2.13. The first-order valence-corrected chi connectivity index (χ1v) is 4.33. The minimum absolute atomic E-state index is 0.296. The predicted molar refractivity (Wildman–Crippen MR) is 40.7 cm³/mol. The van der Waals surface area contributed by atoms with Gasteiger partial charge >= 0.3 is 0 Å². The summed E-state index contributed by atoms with van der Waals surface area (Å²) < 4.78 is 0. The fourth-order valence-electron chi connectivity index (χ4n) is 0.866. The molecule has 0 aromatic heterocycles. The molecular weight excluding hydrogens is 154 g/mol. The summed E-state index contributed by atoms with van der Waals surface area (Å²) in [5.41, 5.74) is 0. The van der Waals surface area contributed by atoms with Gasteiger partial charge in [0.25, 0.3) is 0 Å². The first kappa shape index (κ1) is 7.24. The van der Waals surface area contributed by atoms with Crippen LogP contribution < -0.4 is 0 Å². The molecule has 3 heteroatoms. The third kappa shape index (κ3) is 1.17. The van der Waals surface area contributed by atoms with E-state index in [1.54, 1.807) is 11.8 Å². The normalized spacial score (nSPS) is 42.6. The molecule has 0 radical (unpaired) electrons. The molecule has 0 aromatic rings. The second-order valence-corrected chi connectivity index (χ2v) is 4.36. The summed E-state index contributed by atoms with van der Waals surface area (Å²) in [6.07, 6.45) is 0.830. The lowest BCUT2D eigenvalue weighted by Crippen LogP contribution is -2.24. The molecule has 9 heavy (non-hydrogen) atoms. The van der Waals surface area contributed by atoms with Crippen LogP contribution in [0.25, 0.3) is 0 Å². The molecule has 2 atom stereocenters. The standard InChI is InChI=1S/C6H8ClNS/c1-5-6(7,4-8)2-3-9-5/h5H,2-3H2,1H3. The lowest BCUT2D eigenvalue weighted by Gasteiger charge is -2.14. The van der Waals surface area contributed by atoms with E-state index in [0.29, 0.717) is 5.25 Å². The van der Waals surface area contributed by atoms with Gasteiger partial charge in [-0.15, -0.1) is 11.6 Å². The van der Waals surface area contributed by atoms with Crippen LogP contribution in [-0.4, -0.2) is 15.9 Å². The van der Waals surface area contributed by atoms with E-state index in [2.05, 4.69) is 6.07 Å². The molecule has 1 heterocycles. The number of halogens is 1. The maximum absolute atomic E-state index is 8.60. The average molecular weight is 162 g/mol. The Morgan fingerprint density at radius 1 is 1.89 bits per heavy atom. The highest BCUT2D eigenvalue weighted by Gasteiger charge is 2.39. The van der Waals surface area contributed by atoms with Gasteiger partial charge < -0.3 is 0 Å². The number of hydrogen-bond donors (Lipinski definition) is 0. The molecule has 1 aliphatic heterocycles. The van der Waals surface area contributed by atoms with E-state index in [1.807, 2.05) is 6.92 Å². The largest absolute Gasteiger partial charge is 0.196 e. The van der Waals surface area contributed by atoms with Crippen LogP contribution in [0.5, 0.6) is 0 Å². The third-order valence-corrected chi connectivity index (χ3v) is 3.74. The van der Waals surface area contributed by atoms with Crippen molar-refractivity contribution in [2.45, 2.75) is 23.5 Å². The van der Waals surface area contributed by atoms with Crippen LogP contribution in [-0.2, 0) is 0 Å². The van der Waals surface area contributed by atoms with Crippen molar-refractivity contribution in [3.05, 3.63) is 0 Å². The number of nitrogens with zero attached hydrogens (tertiary/aromatic N) is 1. The number of nitriles is 1. The highest BCUT2D eigenvalue weighted by Crippen LogP contribution is 2.39. The van der Waals surface area contributed by atoms with Gasteiger partial charge in [0, 0.05) is 5.25 Å². The van der Waals surface area contributed by atoms with Crippen LogP contribution in [0.2, 0.25) is 0 Å². The Hall–Kier alpha value is 0.130. The van der Waals surface area contributed by atoms with Gasteiger partial charge in [0.2, 0.25) is 0 Å². The Labute approximate surface area is 64.4 Å². The lowest BCUT2D eigenvalue weighted by atomic mass is 10.1. The van der Waals surface area contributed by atoms with Crippen LogP contribution >= 0.6 is 23.4 Å². The predicted octanol–water partition coefficient (Wildman–Crippen LogP) is 2.01. The van der Waals surface area contributed by atoms with Crippen molar-refractivity contribution in [3.8, 4) is 6.07 Å². The van der Waals surface area contributed by atoms with Crippen LogP contribution in [0.3, 0.4) is 0 Å². The first-order valence-electron chi connectivity index (χ1n) is 2.91. The van der Waals surface area contributed by atoms with Gasteiger partial charge in [-0.2, -0.15) is 17.0 Å². The zero-order valence-electron chi connectivity index (χ0n) is 5.22. The van der Waals surface area contributed by atoms with Crippen LogP contribution in [0.1, 0.15) is 13.3 Å². The van der Waals surface area contributed by atoms with E-state index in [1.165, 1.54) is 0 Å². The van der Waals surface area contributed by atoms with E-state index in [-0.39, 0.29) is 0 Å². The van der Waals surface area contributed by atoms with Gasteiger partial charge in [0.15, 0.2) is 0 Å². The number of thioether (sulfide) groups is 1. The van der Waals surface area contributed by atoms with E-state index in [9.17, 15) is 0 Å². The zero-order chi connectivity index (χ0) is 6.91. The molecular formula is C6H8ClNS. The van der Waals surface area contributed by atoms with Gasteiger partial charge in [-0.25, -0.2) is 0 Å². The number of hydrogen-bond acceptors (Lipinski definition) is 2. The summed E-state index contributed by atoms with van der Waals surface area (Å²) in [5.74, 6) is 1.03. The second-order valence-electron chi connectivity index (χ2n) is 2.24. The SMILES string of the molecule is CC1SCCC1(Cl)C#N. The van der Waals surface area contributed by atoms with Crippen LogP contribution in [0, 0.1) is 11.3 Å². The molecule has 50 valence electrons. The molecule has 0 aromatic carbocycles. The van der Waals surface area contributed by atoms with E-state index in [0.717, 1.165) is 12.2 Å². The molecule has 1 aliphatic rings. The molecule has 1 fully saturated rings. The third-order valence-electron chi connectivity index (χ3n) is 1.66. The minimum Gasteiger partial charge on any atom is -0.196 e. The molecule has 0 saturated carbocycles. The highest BCUT2D eigenvalue weighted by atomic mass is 35.5. The van der Waals surface area contributed by atoms with E-state index in [4.69, 9.17) is 16.9 Å². The van der Waals surface area contributed by atoms with Gasteiger partial charge in [0.05, 0.1) is 6.07 Å². The fourth-order valence-corrected chi connectivity index (χ4v) is 2.49. The van der Waals surface area contributed by atoms with Crippen molar-refractivity contribution < 1.29 is 0 Å². The van der Waals surface area contributed by atoms with Gasteiger partial charge in [-0.05, 0) is 12.2 Å². The Bertz CT molecular complexity index is 154. The molecule has 0 bridgehead atoms. The smallest absolute Gasteiger partial charge is 0.143 e. The van der Waals surface area contributed by atoms with Crippen molar-refractivity contribution in [2.75, 3.05) is 5.75 Å². The van der Waals surface area contributed by atoms with Crippen molar-refractivity contribution in [1.82, 2.24) is 0 Å². The van der Waals surface area contributed by atoms with Crippen molar-refractivity contribution in [1.29, 1.82) is 5.26 Å². The Kier molecular flexibility index (Phi) is 1.93. The minimum atomic E-state index is -0.565. The number of alkyl halides is 1. The zero-order valence-corrected chi connectivity index (χ0v) is 6.80. The molecule has 1 nitrogen and oxygen atoms in total. The molecule has 2 unspecified atom stereocenters. The molecule has 1 rings (SSSR count). The molecule has 0 amide bonds. The molecule has 0 aliphatic carbocycles. The lowest BCUT2D eigenvalue weighted by molar-refractivity contribution is 0.714.